The standard InChI is InChI=1S/C18H29N3O2/c1-17(2,3)16-19-11-12-13(20-15(22)7-8-23-6)9-18(4,5)10-14(12)21-16/h11,13H,7-10H2,1-6H3,(H,20,22)/t13-/m1/s1. The Morgan fingerprint density at radius 3 is 2.74 bits per heavy atom. The number of nitrogens with zero attached hydrogens (tertiary/aromatic N) is 2. The second-order valence-corrected chi connectivity index (χ2v) is 8.25. The van der Waals surface area contributed by atoms with Crippen LogP contribution in [0, 0.1) is 5.41 Å². The minimum absolute atomic E-state index is 0.0143. The third-order valence-corrected chi connectivity index (χ3v) is 4.22. The first-order valence-electron chi connectivity index (χ1n) is 8.27. The van der Waals surface area contributed by atoms with Crippen molar-refractivity contribution in [1.82, 2.24) is 15.3 Å². The average Bonchev–Trinajstić information content (AvgIpc) is 2.42. The van der Waals surface area contributed by atoms with Crippen molar-refractivity contribution in [3.05, 3.63) is 23.3 Å². The molecule has 0 aromatic carbocycles. The lowest BCUT2D eigenvalue weighted by atomic mass is 9.74. The Labute approximate surface area is 139 Å². The smallest absolute Gasteiger partial charge is 0.222 e. The Balaban J connectivity index is 2.28. The lowest BCUT2D eigenvalue weighted by molar-refractivity contribution is -0.123. The summed E-state index contributed by atoms with van der Waals surface area (Å²) in [5.74, 6) is 0.874. The summed E-state index contributed by atoms with van der Waals surface area (Å²) in [7, 11) is 1.61. The molecule has 1 aromatic rings. The van der Waals surface area contributed by atoms with E-state index < -0.39 is 0 Å². The number of carbonyl (C=O) groups is 1. The zero-order valence-corrected chi connectivity index (χ0v) is 15.2. The van der Waals surface area contributed by atoms with Crippen molar-refractivity contribution in [1.29, 1.82) is 0 Å². The van der Waals surface area contributed by atoms with Crippen LogP contribution in [0.3, 0.4) is 0 Å². The highest BCUT2D eigenvalue weighted by atomic mass is 16.5. The Hall–Kier alpha value is -1.49. The Kier molecular flexibility index (Phi) is 5.09. The molecule has 1 heterocycles. The molecule has 0 spiro atoms. The van der Waals surface area contributed by atoms with Crippen LogP contribution in [0.1, 0.15) is 70.6 Å². The third kappa shape index (κ3) is 4.50. The molecular weight excluding hydrogens is 290 g/mol. The van der Waals surface area contributed by atoms with E-state index in [0.717, 1.165) is 29.9 Å². The zero-order chi connectivity index (χ0) is 17.3. The predicted octanol–water partition coefficient (Wildman–Crippen LogP) is 2.94. The number of methoxy groups -OCH3 is 1. The van der Waals surface area contributed by atoms with Gasteiger partial charge in [0.2, 0.25) is 5.91 Å². The van der Waals surface area contributed by atoms with Crippen molar-refractivity contribution in [3.63, 3.8) is 0 Å². The molecule has 0 unspecified atom stereocenters. The molecule has 0 saturated heterocycles. The van der Waals surface area contributed by atoms with Crippen LogP contribution in [0.2, 0.25) is 0 Å². The van der Waals surface area contributed by atoms with E-state index in [9.17, 15) is 4.79 Å². The van der Waals surface area contributed by atoms with Gasteiger partial charge in [0.25, 0.3) is 0 Å². The van der Waals surface area contributed by atoms with Crippen molar-refractivity contribution in [3.8, 4) is 0 Å². The first-order valence-corrected chi connectivity index (χ1v) is 8.27. The Morgan fingerprint density at radius 2 is 2.13 bits per heavy atom. The Bertz CT molecular complexity index is 576. The fourth-order valence-electron chi connectivity index (χ4n) is 3.00. The number of hydrogen-bond acceptors (Lipinski definition) is 4. The highest BCUT2D eigenvalue weighted by Crippen LogP contribution is 2.40. The molecule has 5 nitrogen and oxygen atoms in total. The van der Waals surface area contributed by atoms with Crippen molar-refractivity contribution in [2.75, 3.05) is 13.7 Å². The molecule has 1 aliphatic rings. The maximum atomic E-state index is 12.1. The molecule has 0 saturated carbocycles. The highest BCUT2D eigenvalue weighted by Gasteiger charge is 2.35. The van der Waals surface area contributed by atoms with Crippen LogP contribution < -0.4 is 5.32 Å². The molecule has 5 heteroatoms. The average molecular weight is 319 g/mol. The summed E-state index contributed by atoms with van der Waals surface area (Å²) < 4.78 is 4.98. The van der Waals surface area contributed by atoms with Gasteiger partial charge >= 0.3 is 0 Å². The Morgan fingerprint density at radius 1 is 1.43 bits per heavy atom. The first kappa shape index (κ1) is 17.9. The van der Waals surface area contributed by atoms with Gasteiger partial charge in [-0.2, -0.15) is 0 Å². The zero-order valence-electron chi connectivity index (χ0n) is 15.2. The number of aromatic nitrogens is 2. The van der Waals surface area contributed by atoms with Crippen molar-refractivity contribution >= 4 is 5.91 Å². The van der Waals surface area contributed by atoms with E-state index in [1.807, 2.05) is 6.20 Å². The molecule has 1 atom stereocenters. The molecule has 1 amide bonds. The van der Waals surface area contributed by atoms with E-state index in [-0.39, 0.29) is 22.8 Å². The number of carbonyl (C=O) groups excluding carboxylic acids is 1. The van der Waals surface area contributed by atoms with E-state index in [2.05, 4.69) is 44.9 Å². The SMILES string of the molecule is COCCC(=O)N[C@@H]1CC(C)(C)Cc2nc(C(C)(C)C)ncc21. The summed E-state index contributed by atoms with van der Waals surface area (Å²) in [6.45, 7) is 11.2. The summed E-state index contributed by atoms with van der Waals surface area (Å²) in [6.07, 6.45) is 4.10. The van der Waals surface area contributed by atoms with Gasteiger partial charge in [0.15, 0.2) is 0 Å². The fourth-order valence-corrected chi connectivity index (χ4v) is 3.00. The van der Waals surface area contributed by atoms with Crippen molar-refractivity contribution in [2.45, 2.75) is 65.3 Å². The molecular formula is C18H29N3O2. The van der Waals surface area contributed by atoms with Gasteiger partial charge in [-0.25, -0.2) is 9.97 Å². The van der Waals surface area contributed by atoms with E-state index in [1.54, 1.807) is 7.11 Å². The molecule has 23 heavy (non-hydrogen) atoms. The van der Waals surface area contributed by atoms with Gasteiger partial charge < -0.3 is 10.1 Å². The van der Waals surface area contributed by atoms with Gasteiger partial charge in [0.05, 0.1) is 12.6 Å². The summed E-state index contributed by atoms with van der Waals surface area (Å²) >= 11 is 0. The summed E-state index contributed by atoms with van der Waals surface area (Å²) in [6, 6.07) is -0.0212. The van der Waals surface area contributed by atoms with Gasteiger partial charge in [-0.3, -0.25) is 4.79 Å². The van der Waals surface area contributed by atoms with Crippen LogP contribution in [0.5, 0.6) is 0 Å². The second kappa shape index (κ2) is 6.56. The highest BCUT2D eigenvalue weighted by molar-refractivity contribution is 5.76. The first-order chi connectivity index (χ1) is 10.6. The van der Waals surface area contributed by atoms with Gasteiger partial charge in [-0.15, -0.1) is 0 Å². The molecule has 0 fully saturated rings. The third-order valence-electron chi connectivity index (χ3n) is 4.22. The molecule has 128 valence electrons. The minimum atomic E-state index is -0.0756. The van der Waals surface area contributed by atoms with Crippen LogP contribution >= 0.6 is 0 Å². The van der Waals surface area contributed by atoms with Crippen LogP contribution in [0.25, 0.3) is 0 Å². The number of ether oxygens (including phenoxy) is 1. The number of amides is 1. The predicted molar refractivity (Wildman–Crippen MR) is 90.2 cm³/mol. The van der Waals surface area contributed by atoms with Gasteiger partial charge in [-0.1, -0.05) is 34.6 Å². The largest absolute Gasteiger partial charge is 0.384 e. The lowest BCUT2D eigenvalue weighted by Crippen LogP contribution is -2.38. The molecule has 0 aliphatic heterocycles. The second-order valence-electron chi connectivity index (χ2n) is 8.25. The van der Waals surface area contributed by atoms with Gasteiger partial charge in [0.1, 0.15) is 5.82 Å². The number of rotatable bonds is 4. The fraction of sp³-hybridized carbons (Fsp3) is 0.722. The molecule has 1 aromatic heterocycles. The maximum absolute atomic E-state index is 12.1. The van der Waals surface area contributed by atoms with Crippen LogP contribution in [-0.4, -0.2) is 29.6 Å². The van der Waals surface area contributed by atoms with Crippen molar-refractivity contribution in [2.24, 2.45) is 5.41 Å². The van der Waals surface area contributed by atoms with Crippen molar-refractivity contribution < 1.29 is 9.53 Å². The van der Waals surface area contributed by atoms with E-state index in [0.29, 0.717) is 13.0 Å². The van der Waals surface area contributed by atoms with Gasteiger partial charge in [0, 0.05) is 36.4 Å². The van der Waals surface area contributed by atoms with Crippen LogP contribution in [0.15, 0.2) is 6.20 Å². The molecule has 0 radical (unpaired) electrons. The summed E-state index contributed by atoms with van der Waals surface area (Å²) in [5, 5.41) is 3.12. The molecule has 1 aliphatic carbocycles. The van der Waals surface area contributed by atoms with Crippen LogP contribution in [0.4, 0.5) is 0 Å². The molecule has 1 N–H and O–H groups in total. The van der Waals surface area contributed by atoms with E-state index >= 15 is 0 Å². The van der Waals surface area contributed by atoms with E-state index in [4.69, 9.17) is 9.72 Å². The van der Waals surface area contributed by atoms with Gasteiger partial charge in [-0.05, 0) is 18.3 Å². The summed E-state index contributed by atoms with van der Waals surface area (Å²) in [5.41, 5.74) is 2.16. The van der Waals surface area contributed by atoms with Crippen LogP contribution in [-0.2, 0) is 21.4 Å². The lowest BCUT2D eigenvalue weighted by Gasteiger charge is -2.37. The van der Waals surface area contributed by atoms with E-state index in [1.165, 1.54) is 0 Å². The topological polar surface area (TPSA) is 64.1 Å². The quantitative estimate of drug-likeness (QED) is 0.927. The maximum Gasteiger partial charge on any atom is 0.222 e. The molecule has 2 rings (SSSR count). The number of hydrogen-bond donors (Lipinski definition) is 1. The number of nitrogens with one attached hydrogen (secondary N) is 1. The molecule has 0 bridgehead atoms. The minimum Gasteiger partial charge on any atom is -0.384 e. The monoisotopic (exact) mass is 319 g/mol. The summed E-state index contributed by atoms with van der Waals surface area (Å²) in [4.78, 5) is 21.4. The normalized spacial score (nSPS) is 20.0. The number of fused-ring (bicyclic) bond motifs is 1.